The molecule has 0 aliphatic carbocycles. The minimum absolute atomic E-state index is 0.331. The molecule has 0 spiro atoms. The summed E-state index contributed by atoms with van der Waals surface area (Å²) in [6, 6.07) is 3.11. The summed E-state index contributed by atoms with van der Waals surface area (Å²) < 4.78 is 42.2. The third-order valence-electron chi connectivity index (χ3n) is 1.72. The molecule has 0 radical (unpaired) electrons. The number of anilines is 1. The van der Waals surface area contributed by atoms with Crippen LogP contribution in [-0.2, 0) is 0 Å². The lowest BCUT2D eigenvalue weighted by molar-refractivity contribution is -0.115. The maximum Gasteiger partial charge on any atom is 0.405 e. The molecule has 0 aliphatic rings. The number of hydrogen-bond acceptors (Lipinski definition) is 2. The third kappa shape index (κ3) is 3.86. The van der Waals surface area contributed by atoms with Gasteiger partial charge in [-0.15, -0.1) is 0 Å². The molecule has 2 nitrogen and oxygen atoms in total. The second kappa shape index (κ2) is 5.27. The Morgan fingerprint density at radius 2 is 1.88 bits per heavy atom. The minimum Gasteiger partial charge on any atom is -0.495 e. The van der Waals surface area contributed by atoms with Crippen molar-refractivity contribution in [3.05, 3.63) is 21.1 Å². The molecule has 16 heavy (non-hydrogen) atoms. The molecule has 0 aromatic heterocycles. The summed E-state index contributed by atoms with van der Waals surface area (Å²) >= 11 is 6.39. The van der Waals surface area contributed by atoms with E-state index in [2.05, 4.69) is 37.2 Å². The molecule has 90 valence electrons. The number of ether oxygens (including phenoxy) is 1. The van der Waals surface area contributed by atoms with Gasteiger partial charge >= 0.3 is 6.18 Å². The van der Waals surface area contributed by atoms with E-state index in [0.29, 0.717) is 20.4 Å². The molecular weight excluding hydrogens is 355 g/mol. The summed E-state index contributed by atoms with van der Waals surface area (Å²) in [5.41, 5.74) is 0.331. The Hall–Kier alpha value is -0.430. The molecule has 1 aromatic rings. The molecule has 0 heterocycles. The number of benzene rings is 1. The van der Waals surface area contributed by atoms with Crippen LogP contribution in [0.4, 0.5) is 18.9 Å². The summed E-state index contributed by atoms with van der Waals surface area (Å²) in [6.45, 7) is -1.09. The predicted octanol–water partition coefficient (Wildman–Crippen LogP) is 4.19. The number of rotatable bonds is 3. The quantitative estimate of drug-likeness (QED) is 0.870. The fraction of sp³-hybridized carbons (Fsp3) is 0.333. The van der Waals surface area contributed by atoms with E-state index < -0.39 is 12.7 Å². The Bertz CT molecular complexity index is 382. The van der Waals surface area contributed by atoms with Gasteiger partial charge in [-0.2, -0.15) is 13.2 Å². The second-order valence-corrected chi connectivity index (χ2v) is 4.64. The first-order valence-electron chi connectivity index (χ1n) is 4.17. The lowest BCUT2D eigenvalue weighted by Gasteiger charge is -2.13. The van der Waals surface area contributed by atoms with E-state index in [1.165, 1.54) is 13.2 Å². The van der Waals surface area contributed by atoms with Gasteiger partial charge in [-0.3, -0.25) is 0 Å². The van der Waals surface area contributed by atoms with E-state index in [9.17, 15) is 13.2 Å². The topological polar surface area (TPSA) is 21.3 Å². The maximum atomic E-state index is 12.0. The van der Waals surface area contributed by atoms with Crippen molar-refractivity contribution in [2.24, 2.45) is 0 Å². The van der Waals surface area contributed by atoms with Crippen molar-refractivity contribution in [2.45, 2.75) is 6.18 Å². The standard InChI is InChI=1S/C9H8Br2F3NO/c1-16-8-3-7(5(10)2-6(8)11)15-4-9(12,13)14/h2-3,15H,4H2,1H3. The van der Waals surface area contributed by atoms with Gasteiger partial charge < -0.3 is 10.1 Å². The minimum atomic E-state index is -4.25. The molecule has 1 aromatic carbocycles. The van der Waals surface area contributed by atoms with Crippen LogP contribution in [-0.4, -0.2) is 19.8 Å². The molecule has 0 atom stereocenters. The van der Waals surface area contributed by atoms with Gasteiger partial charge in [0, 0.05) is 10.5 Å². The fourth-order valence-electron chi connectivity index (χ4n) is 1.02. The number of nitrogens with one attached hydrogen (secondary N) is 1. The number of alkyl halides is 3. The van der Waals surface area contributed by atoms with Crippen molar-refractivity contribution in [3.8, 4) is 5.75 Å². The van der Waals surface area contributed by atoms with Crippen molar-refractivity contribution in [1.29, 1.82) is 0 Å². The maximum absolute atomic E-state index is 12.0. The normalized spacial score (nSPS) is 11.4. The van der Waals surface area contributed by atoms with Crippen LogP contribution in [0.2, 0.25) is 0 Å². The van der Waals surface area contributed by atoms with Gasteiger partial charge in [0.05, 0.1) is 17.3 Å². The van der Waals surface area contributed by atoms with E-state index in [1.54, 1.807) is 6.07 Å². The Balaban J connectivity index is 2.88. The van der Waals surface area contributed by atoms with Crippen molar-refractivity contribution in [3.63, 3.8) is 0 Å². The molecule has 0 saturated carbocycles. The number of methoxy groups -OCH3 is 1. The molecule has 0 fully saturated rings. The molecule has 0 saturated heterocycles. The van der Waals surface area contributed by atoms with Crippen LogP contribution in [0.25, 0.3) is 0 Å². The Kier molecular flexibility index (Phi) is 4.49. The highest BCUT2D eigenvalue weighted by molar-refractivity contribution is 9.11. The predicted molar refractivity (Wildman–Crippen MR) is 62.9 cm³/mol. The zero-order valence-electron chi connectivity index (χ0n) is 8.16. The van der Waals surface area contributed by atoms with Crippen LogP contribution in [0.1, 0.15) is 0 Å². The van der Waals surface area contributed by atoms with E-state index in [-0.39, 0.29) is 0 Å². The summed E-state index contributed by atoms with van der Waals surface area (Å²) in [6.07, 6.45) is -4.25. The van der Waals surface area contributed by atoms with Crippen LogP contribution in [0.5, 0.6) is 5.75 Å². The van der Waals surface area contributed by atoms with Crippen molar-refractivity contribution >= 4 is 37.5 Å². The largest absolute Gasteiger partial charge is 0.495 e. The average molecular weight is 363 g/mol. The highest BCUT2D eigenvalue weighted by atomic mass is 79.9. The average Bonchev–Trinajstić information content (AvgIpc) is 2.15. The van der Waals surface area contributed by atoms with E-state index in [1.807, 2.05) is 0 Å². The lowest BCUT2D eigenvalue weighted by atomic mass is 10.3. The van der Waals surface area contributed by atoms with Crippen LogP contribution in [0.15, 0.2) is 21.1 Å². The zero-order chi connectivity index (χ0) is 12.3. The van der Waals surface area contributed by atoms with E-state index >= 15 is 0 Å². The molecule has 0 bridgehead atoms. The molecule has 7 heteroatoms. The third-order valence-corrected chi connectivity index (χ3v) is 3.00. The van der Waals surface area contributed by atoms with E-state index in [0.717, 1.165) is 0 Å². The Morgan fingerprint density at radius 3 is 2.38 bits per heavy atom. The van der Waals surface area contributed by atoms with Crippen LogP contribution in [0, 0.1) is 0 Å². The van der Waals surface area contributed by atoms with Crippen molar-refractivity contribution in [2.75, 3.05) is 19.0 Å². The summed E-state index contributed by atoms with van der Waals surface area (Å²) in [5, 5.41) is 2.28. The highest BCUT2D eigenvalue weighted by Crippen LogP contribution is 2.34. The molecule has 1 N–H and O–H groups in total. The molecule has 0 unspecified atom stereocenters. The monoisotopic (exact) mass is 361 g/mol. The van der Waals surface area contributed by atoms with Gasteiger partial charge in [0.15, 0.2) is 0 Å². The number of hydrogen-bond donors (Lipinski definition) is 1. The first-order chi connectivity index (χ1) is 7.33. The zero-order valence-corrected chi connectivity index (χ0v) is 11.3. The van der Waals surface area contributed by atoms with Gasteiger partial charge in [0.2, 0.25) is 0 Å². The van der Waals surface area contributed by atoms with Gasteiger partial charge in [-0.05, 0) is 37.9 Å². The van der Waals surface area contributed by atoms with Crippen LogP contribution < -0.4 is 10.1 Å². The van der Waals surface area contributed by atoms with Gasteiger partial charge in [0.25, 0.3) is 0 Å². The Labute approximate surface area is 107 Å². The summed E-state index contributed by atoms with van der Waals surface area (Å²) in [4.78, 5) is 0. The first kappa shape index (κ1) is 13.6. The van der Waals surface area contributed by atoms with Crippen molar-refractivity contribution in [1.82, 2.24) is 0 Å². The smallest absolute Gasteiger partial charge is 0.405 e. The summed E-state index contributed by atoms with van der Waals surface area (Å²) in [7, 11) is 1.45. The van der Waals surface area contributed by atoms with Gasteiger partial charge in [-0.25, -0.2) is 0 Å². The molecular formula is C9H8Br2F3NO. The van der Waals surface area contributed by atoms with Crippen LogP contribution >= 0.6 is 31.9 Å². The molecule has 0 amide bonds. The summed E-state index contributed by atoms with van der Waals surface area (Å²) in [5.74, 6) is 0.466. The fourth-order valence-corrected chi connectivity index (χ4v) is 2.31. The van der Waals surface area contributed by atoms with Gasteiger partial charge in [-0.1, -0.05) is 0 Å². The second-order valence-electron chi connectivity index (χ2n) is 2.94. The molecule has 1 rings (SSSR count). The molecule has 0 aliphatic heterocycles. The SMILES string of the molecule is COc1cc(NCC(F)(F)F)c(Br)cc1Br. The Morgan fingerprint density at radius 1 is 1.25 bits per heavy atom. The number of halogens is 5. The van der Waals surface area contributed by atoms with Crippen LogP contribution in [0.3, 0.4) is 0 Å². The van der Waals surface area contributed by atoms with E-state index in [4.69, 9.17) is 4.74 Å². The first-order valence-corrected chi connectivity index (χ1v) is 5.76. The van der Waals surface area contributed by atoms with Gasteiger partial charge in [0.1, 0.15) is 12.3 Å². The highest BCUT2D eigenvalue weighted by Gasteiger charge is 2.27. The van der Waals surface area contributed by atoms with Crippen molar-refractivity contribution < 1.29 is 17.9 Å². The lowest BCUT2D eigenvalue weighted by Crippen LogP contribution is -2.21.